The largest absolute Gasteiger partial charge is 0.497 e. The van der Waals surface area contributed by atoms with E-state index in [1.165, 1.54) is 11.8 Å². The van der Waals surface area contributed by atoms with Crippen molar-refractivity contribution in [3.8, 4) is 5.75 Å². The van der Waals surface area contributed by atoms with Crippen molar-refractivity contribution in [3.05, 3.63) is 54.6 Å². The summed E-state index contributed by atoms with van der Waals surface area (Å²) in [5.41, 5.74) is 0. The summed E-state index contributed by atoms with van der Waals surface area (Å²) < 4.78 is 29.4. The Morgan fingerprint density at radius 3 is 2.36 bits per heavy atom. The molecule has 5 nitrogen and oxygen atoms in total. The molecule has 1 unspecified atom stereocenters. The second kappa shape index (κ2) is 8.92. The van der Waals surface area contributed by atoms with Gasteiger partial charge in [-0.05, 0) is 43.3 Å². The fourth-order valence-corrected chi connectivity index (χ4v) is 4.18. The van der Waals surface area contributed by atoms with Crippen LogP contribution in [0.1, 0.15) is 6.92 Å². The first kappa shape index (κ1) is 19.3. The highest BCUT2D eigenvalue weighted by atomic mass is 32.2. The van der Waals surface area contributed by atoms with Gasteiger partial charge in [0.25, 0.3) is 0 Å². The first-order valence-electron chi connectivity index (χ1n) is 7.78. The van der Waals surface area contributed by atoms with E-state index in [2.05, 4.69) is 5.32 Å². The summed E-state index contributed by atoms with van der Waals surface area (Å²) in [5, 5.41) is 2.36. The zero-order valence-electron chi connectivity index (χ0n) is 14.1. The molecule has 0 aliphatic carbocycles. The van der Waals surface area contributed by atoms with Crippen LogP contribution in [-0.2, 0) is 14.6 Å². The topological polar surface area (TPSA) is 72.5 Å². The predicted molar refractivity (Wildman–Crippen MR) is 99.8 cm³/mol. The maximum absolute atomic E-state index is 12.2. The molecule has 2 rings (SSSR count). The SMILES string of the molecule is COc1ccc(SC(C)C(=O)NCCS(=O)(=O)c2ccccc2)cc1. The number of sulfone groups is 1. The molecule has 0 aliphatic heterocycles. The molecule has 2 aromatic carbocycles. The second-order valence-electron chi connectivity index (χ2n) is 5.36. The zero-order valence-corrected chi connectivity index (χ0v) is 15.8. The summed E-state index contributed by atoms with van der Waals surface area (Å²) in [6.45, 7) is 1.87. The van der Waals surface area contributed by atoms with Gasteiger partial charge in [-0.25, -0.2) is 8.42 Å². The lowest BCUT2D eigenvalue weighted by Crippen LogP contribution is -2.34. The molecule has 134 valence electrons. The Balaban J connectivity index is 1.83. The van der Waals surface area contributed by atoms with E-state index in [4.69, 9.17) is 4.74 Å². The van der Waals surface area contributed by atoms with Crippen molar-refractivity contribution in [2.75, 3.05) is 19.4 Å². The minimum absolute atomic E-state index is 0.0869. The Morgan fingerprint density at radius 1 is 1.12 bits per heavy atom. The highest BCUT2D eigenvalue weighted by Crippen LogP contribution is 2.25. The summed E-state index contributed by atoms with van der Waals surface area (Å²) in [6, 6.07) is 15.7. The summed E-state index contributed by atoms with van der Waals surface area (Å²) in [6.07, 6.45) is 0. The number of rotatable bonds is 8. The summed E-state index contributed by atoms with van der Waals surface area (Å²) in [5.74, 6) is 0.444. The molecule has 0 fully saturated rings. The van der Waals surface area contributed by atoms with Gasteiger partial charge in [0.15, 0.2) is 9.84 Å². The van der Waals surface area contributed by atoms with Crippen LogP contribution in [0.5, 0.6) is 5.75 Å². The van der Waals surface area contributed by atoms with Gasteiger partial charge >= 0.3 is 0 Å². The monoisotopic (exact) mass is 379 g/mol. The van der Waals surface area contributed by atoms with E-state index >= 15 is 0 Å². The van der Waals surface area contributed by atoms with Gasteiger partial charge in [0, 0.05) is 11.4 Å². The number of ether oxygens (including phenoxy) is 1. The fourth-order valence-electron chi connectivity index (χ4n) is 2.11. The van der Waals surface area contributed by atoms with Crippen molar-refractivity contribution < 1.29 is 17.9 Å². The molecular weight excluding hydrogens is 358 g/mol. The minimum Gasteiger partial charge on any atom is -0.497 e. The van der Waals surface area contributed by atoms with E-state index in [0.717, 1.165) is 10.6 Å². The molecule has 0 radical (unpaired) electrons. The summed E-state index contributed by atoms with van der Waals surface area (Å²) in [7, 11) is -1.78. The van der Waals surface area contributed by atoms with Gasteiger partial charge in [-0.3, -0.25) is 4.79 Å². The maximum Gasteiger partial charge on any atom is 0.233 e. The van der Waals surface area contributed by atoms with Gasteiger partial charge in [-0.1, -0.05) is 18.2 Å². The first-order valence-corrected chi connectivity index (χ1v) is 10.3. The molecular formula is C18H21NO4S2. The van der Waals surface area contributed by atoms with E-state index in [9.17, 15) is 13.2 Å². The van der Waals surface area contributed by atoms with Crippen molar-refractivity contribution >= 4 is 27.5 Å². The van der Waals surface area contributed by atoms with E-state index < -0.39 is 9.84 Å². The third-order valence-electron chi connectivity index (χ3n) is 3.51. The Labute approximate surface area is 152 Å². The number of hydrogen-bond donors (Lipinski definition) is 1. The van der Waals surface area contributed by atoms with E-state index in [1.807, 2.05) is 24.3 Å². The Hall–Kier alpha value is -1.99. The molecule has 0 bridgehead atoms. The molecule has 0 aliphatic rings. The van der Waals surface area contributed by atoms with Crippen LogP contribution in [0.4, 0.5) is 0 Å². The molecule has 0 saturated carbocycles. The number of amides is 1. The third kappa shape index (κ3) is 5.79. The van der Waals surface area contributed by atoms with Crippen molar-refractivity contribution in [2.45, 2.75) is 22.0 Å². The first-order chi connectivity index (χ1) is 11.9. The zero-order chi connectivity index (χ0) is 18.3. The van der Waals surface area contributed by atoms with Crippen LogP contribution in [0.15, 0.2) is 64.4 Å². The minimum atomic E-state index is -3.38. The highest BCUT2D eigenvalue weighted by Gasteiger charge is 2.17. The van der Waals surface area contributed by atoms with Gasteiger partial charge in [0.2, 0.25) is 5.91 Å². The van der Waals surface area contributed by atoms with Crippen LogP contribution in [0.3, 0.4) is 0 Å². The Morgan fingerprint density at radius 2 is 1.76 bits per heavy atom. The molecule has 0 saturated heterocycles. The van der Waals surface area contributed by atoms with Crippen molar-refractivity contribution in [2.24, 2.45) is 0 Å². The number of nitrogens with one attached hydrogen (secondary N) is 1. The molecule has 1 amide bonds. The Bertz CT molecular complexity index is 790. The summed E-state index contributed by atoms with van der Waals surface area (Å²) >= 11 is 1.41. The summed E-state index contributed by atoms with van der Waals surface area (Å²) in [4.78, 5) is 13.4. The fraction of sp³-hybridized carbons (Fsp3) is 0.278. The molecule has 0 heterocycles. The lowest BCUT2D eigenvalue weighted by atomic mass is 10.3. The van der Waals surface area contributed by atoms with Crippen molar-refractivity contribution in [1.29, 1.82) is 0 Å². The number of methoxy groups -OCH3 is 1. The number of benzene rings is 2. The number of thioether (sulfide) groups is 1. The van der Waals surface area contributed by atoms with Gasteiger partial charge in [0.1, 0.15) is 5.75 Å². The van der Waals surface area contributed by atoms with Crippen LogP contribution in [-0.4, -0.2) is 39.0 Å². The van der Waals surface area contributed by atoms with Gasteiger partial charge < -0.3 is 10.1 Å². The highest BCUT2D eigenvalue weighted by molar-refractivity contribution is 8.00. The average molecular weight is 380 g/mol. The molecule has 7 heteroatoms. The van der Waals surface area contributed by atoms with Crippen molar-refractivity contribution in [1.82, 2.24) is 5.32 Å². The van der Waals surface area contributed by atoms with Gasteiger partial charge in [-0.2, -0.15) is 0 Å². The molecule has 0 spiro atoms. The molecule has 25 heavy (non-hydrogen) atoms. The normalized spacial score (nSPS) is 12.4. The van der Waals surface area contributed by atoms with Gasteiger partial charge in [0.05, 0.1) is 23.0 Å². The number of carbonyl (C=O) groups excluding carboxylic acids is 1. The molecule has 1 atom stereocenters. The third-order valence-corrected chi connectivity index (χ3v) is 6.36. The van der Waals surface area contributed by atoms with Crippen LogP contribution >= 0.6 is 11.8 Å². The van der Waals surface area contributed by atoms with E-state index in [-0.39, 0.29) is 28.4 Å². The Kier molecular flexibility index (Phi) is 6.90. The number of carbonyl (C=O) groups is 1. The molecule has 2 aromatic rings. The lowest BCUT2D eigenvalue weighted by Gasteiger charge is -2.12. The quantitative estimate of drug-likeness (QED) is 0.714. The second-order valence-corrected chi connectivity index (χ2v) is 8.88. The lowest BCUT2D eigenvalue weighted by molar-refractivity contribution is -0.120. The van der Waals surface area contributed by atoms with E-state index in [0.29, 0.717) is 0 Å². The van der Waals surface area contributed by atoms with Gasteiger partial charge in [-0.15, -0.1) is 11.8 Å². The average Bonchev–Trinajstić information content (AvgIpc) is 2.63. The predicted octanol–water partition coefficient (Wildman–Crippen LogP) is 2.77. The van der Waals surface area contributed by atoms with E-state index in [1.54, 1.807) is 44.4 Å². The van der Waals surface area contributed by atoms with Crippen LogP contribution in [0.2, 0.25) is 0 Å². The molecule has 1 N–H and O–H groups in total. The standard InChI is InChI=1S/C18H21NO4S2/c1-14(24-16-10-8-15(23-2)9-11-16)18(20)19-12-13-25(21,22)17-6-4-3-5-7-17/h3-11,14H,12-13H2,1-2H3,(H,19,20). The number of hydrogen-bond acceptors (Lipinski definition) is 5. The smallest absolute Gasteiger partial charge is 0.233 e. The van der Waals surface area contributed by atoms with Crippen LogP contribution < -0.4 is 10.1 Å². The van der Waals surface area contributed by atoms with Crippen LogP contribution in [0, 0.1) is 0 Å². The molecule has 0 aromatic heterocycles. The van der Waals surface area contributed by atoms with Crippen molar-refractivity contribution in [3.63, 3.8) is 0 Å². The van der Waals surface area contributed by atoms with Crippen LogP contribution in [0.25, 0.3) is 0 Å². The maximum atomic E-state index is 12.2.